The Kier molecular flexibility index (Phi) is 3.35. The van der Waals surface area contributed by atoms with Crippen molar-refractivity contribution in [3.63, 3.8) is 0 Å². The fourth-order valence-corrected chi connectivity index (χ4v) is 5.28. The maximum Gasteiger partial charge on any atom is 0.310 e. The minimum absolute atomic E-state index is 0.0417. The van der Waals surface area contributed by atoms with E-state index in [2.05, 4.69) is 0 Å². The summed E-state index contributed by atoms with van der Waals surface area (Å²) in [5.41, 5.74) is 5.88. The quantitative estimate of drug-likeness (QED) is 0.779. The highest BCUT2D eigenvalue weighted by atomic mass is 16.5. The minimum Gasteiger partial charge on any atom is -0.466 e. The molecule has 1 atom stereocenters. The number of hydrogen-bond acceptors (Lipinski definition) is 3. The largest absolute Gasteiger partial charge is 0.466 e. The molecule has 3 heteroatoms. The first-order valence-corrected chi connectivity index (χ1v) is 7.59. The smallest absolute Gasteiger partial charge is 0.310 e. The lowest BCUT2D eigenvalue weighted by molar-refractivity contribution is -0.156. The normalized spacial score (nSPS) is 42.9. The van der Waals surface area contributed by atoms with Gasteiger partial charge in [-0.15, -0.1) is 0 Å². The van der Waals surface area contributed by atoms with Crippen LogP contribution in [0.5, 0.6) is 0 Å². The van der Waals surface area contributed by atoms with Crippen molar-refractivity contribution in [2.75, 3.05) is 13.2 Å². The van der Waals surface area contributed by atoms with Crippen LogP contribution in [0, 0.1) is 35.5 Å². The summed E-state index contributed by atoms with van der Waals surface area (Å²) in [5.74, 6) is 3.83. The fourth-order valence-electron chi connectivity index (χ4n) is 5.28. The van der Waals surface area contributed by atoms with Crippen LogP contribution in [0.1, 0.15) is 39.0 Å². The number of nitrogens with two attached hydrogens (primary N) is 1. The molecule has 4 aliphatic rings. The monoisotopic (exact) mass is 251 g/mol. The number of carbonyl (C=O) groups is 1. The second-order valence-electron chi connectivity index (χ2n) is 6.60. The van der Waals surface area contributed by atoms with Gasteiger partial charge < -0.3 is 10.5 Å². The van der Waals surface area contributed by atoms with Crippen molar-refractivity contribution >= 4 is 5.97 Å². The standard InChI is InChI=1S/C15H25NO2/c1-2-18-15(17)13(8-16)14-11-4-9-3-10(6-11)7-12(14)5-9/h9-14H,2-8,16H2,1H3/t9?,10?,11?,12?,13-,14?/m1/s1. The maximum atomic E-state index is 12.1. The van der Waals surface area contributed by atoms with E-state index in [0.29, 0.717) is 19.1 Å². The second-order valence-corrected chi connectivity index (χ2v) is 6.60. The first kappa shape index (κ1) is 12.5. The van der Waals surface area contributed by atoms with Gasteiger partial charge in [0.25, 0.3) is 0 Å². The Labute approximate surface area is 109 Å². The summed E-state index contributed by atoms with van der Waals surface area (Å²) < 4.78 is 5.23. The third-order valence-corrected chi connectivity index (χ3v) is 5.61. The van der Waals surface area contributed by atoms with Crippen molar-refractivity contribution in [2.24, 2.45) is 41.2 Å². The average molecular weight is 251 g/mol. The molecule has 0 aromatic carbocycles. The summed E-state index contributed by atoms with van der Waals surface area (Å²) >= 11 is 0. The van der Waals surface area contributed by atoms with Gasteiger partial charge in [-0.1, -0.05) is 0 Å². The Morgan fingerprint density at radius 2 is 1.72 bits per heavy atom. The minimum atomic E-state index is -0.0440. The molecule has 0 heterocycles. The van der Waals surface area contributed by atoms with E-state index in [4.69, 9.17) is 10.5 Å². The van der Waals surface area contributed by atoms with Crippen LogP contribution in [0.25, 0.3) is 0 Å². The Hall–Kier alpha value is -0.570. The van der Waals surface area contributed by atoms with E-state index in [1.54, 1.807) is 0 Å². The van der Waals surface area contributed by atoms with Crippen LogP contribution >= 0.6 is 0 Å². The van der Waals surface area contributed by atoms with Crippen LogP contribution in [-0.2, 0) is 9.53 Å². The van der Waals surface area contributed by atoms with Crippen molar-refractivity contribution in [2.45, 2.75) is 39.0 Å². The third-order valence-electron chi connectivity index (χ3n) is 5.61. The molecule has 3 nitrogen and oxygen atoms in total. The molecule has 0 aliphatic heterocycles. The van der Waals surface area contributed by atoms with Gasteiger partial charge in [0.05, 0.1) is 12.5 Å². The zero-order chi connectivity index (χ0) is 12.7. The number of esters is 1. The van der Waals surface area contributed by atoms with Gasteiger partial charge in [0.2, 0.25) is 0 Å². The van der Waals surface area contributed by atoms with E-state index in [9.17, 15) is 4.79 Å². The predicted molar refractivity (Wildman–Crippen MR) is 69.7 cm³/mol. The first-order valence-electron chi connectivity index (χ1n) is 7.59. The first-order chi connectivity index (χ1) is 8.72. The van der Waals surface area contributed by atoms with Crippen LogP contribution < -0.4 is 5.73 Å². The molecule has 0 aromatic heterocycles. The van der Waals surface area contributed by atoms with Crippen LogP contribution in [-0.4, -0.2) is 19.1 Å². The highest BCUT2D eigenvalue weighted by Gasteiger charge is 2.51. The molecule has 4 bridgehead atoms. The summed E-state index contributed by atoms with van der Waals surface area (Å²) in [4.78, 5) is 12.1. The lowest BCUT2D eigenvalue weighted by Crippen LogP contribution is -2.51. The van der Waals surface area contributed by atoms with Gasteiger partial charge in [0.15, 0.2) is 0 Å². The molecule has 0 unspecified atom stereocenters. The molecule has 4 fully saturated rings. The van der Waals surface area contributed by atoms with Crippen LogP contribution in [0.3, 0.4) is 0 Å². The molecule has 0 spiro atoms. The van der Waals surface area contributed by atoms with E-state index < -0.39 is 0 Å². The summed E-state index contributed by atoms with van der Waals surface area (Å²) in [7, 11) is 0. The number of hydrogen-bond donors (Lipinski definition) is 1. The Morgan fingerprint density at radius 3 is 2.17 bits per heavy atom. The predicted octanol–water partition coefficient (Wildman–Crippen LogP) is 2.20. The molecule has 4 saturated carbocycles. The molecular formula is C15H25NO2. The molecule has 2 N–H and O–H groups in total. The molecule has 0 amide bonds. The third kappa shape index (κ3) is 1.97. The summed E-state index contributed by atoms with van der Waals surface area (Å²) in [5, 5.41) is 0. The van der Waals surface area contributed by atoms with Crippen molar-refractivity contribution < 1.29 is 9.53 Å². The molecule has 0 radical (unpaired) electrons. The number of rotatable bonds is 4. The summed E-state index contributed by atoms with van der Waals surface area (Å²) in [6, 6.07) is 0. The van der Waals surface area contributed by atoms with E-state index in [-0.39, 0.29) is 11.9 Å². The SMILES string of the molecule is CCOC(=O)[C@H](CN)C1C2CC3CC(C2)CC1C3. The average Bonchev–Trinajstić information content (AvgIpc) is 2.33. The van der Waals surface area contributed by atoms with Gasteiger partial charge in [-0.25, -0.2) is 0 Å². The number of ether oxygens (including phenoxy) is 1. The Bertz CT molecular complexity index is 300. The van der Waals surface area contributed by atoms with Crippen molar-refractivity contribution in [1.29, 1.82) is 0 Å². The van der Waals surface area contributed by atoms with Crippen LogP contribution in [0.4, 0.5) is 0 Å². The van der Waals surface area contributed by atoms with Gasteiger partial charge in [-0.3, -0.25) is 4.79 Å². The molecule has 0 aromatic rings. The lowest BCUT2D eigenvalue weighted by Gasteiger charge is -2.55. The van der Waals surface area contributed by atoms with Gasteiger partial charge in [-0.2, -0.15) is 0 Å². The van der Waals surface area contributed by atoms with Gasteiger partial charge >= 0.3 is 5.97 Å². The van der Waals surface area contributed by atoms with Crippen molar-refractivity contribution in [1.82, 2.24) is 0 Å². The van der Waals surface area contributed by atoms with Gasteiger partial charge in [0, 0.05) is 6.54 Å². The van der Waals surface area contributed by atoms with Crippen molar-refractivity contribution in [3.05, 3.63) is 0 Å². The van der Waals surface area contributed by atoms with E-state index >= 15 is 0 Å². The molecular weight excluding hydrogens is 226 g/mol. The zero-order valence-electron chi connectivity index (χ0n) is 11.3. The van der Waals surface area contributed by atoms with Gasteiger partial charge in [0.1, 0.15) is 0 Å². The highest BCUT2D eigenvalue weighted by molar-refractivity contribution is 5.73. The van der Waals surface area contributed by atoms with Crippen LogP contribution in [0.15, 0.2) is 0 Å². The number of carbonyl (C=O) groups excluding carboxylic acids is 1. The van der Waals surface area contributed by atoms with Gasteiger partial charge in [-0.05, 0) is 68.6 Å². The van der Waals surface area contributed by atoms with Crippen molar-refractivity contribution in [3.8, 4) is 0 Å². The van der Waals surface area contributed by atoms with E-state index in [1.165, 1.54) is 32.1 Å². The lowest BCUT2D eigenvalue weighted by atomic mass is 9.49. The molecule has 102 valence electrons. The van der Waals surface area contributed by atoms with E-state index in [1.807, 2.05) is 6.92 Å². The Morgan fingerprint density at radius 1 is 1.17 bits per heavy atom. The summed E-state index contributed by atoms with van der Waals surface area (Å²) in [6.07, 6.45) is 6.81. The topological polar surface area (TPSA) is 52.3 Å². The van der Waals surface area contributed by atoms with Crippen LogP contribution in [0.2, 0.25) is 0 Å². The highest BCUT2D eigenvalue weighted by Crippen LogP contribution is 2.58. The molecule has 4 aliphatic carbocycles. The van der Waals surface area contributed by atoms with E-state index in [0.717, 1.165) is 23.7 Å². The molecule has 18 heavy (non-hydrogen) atoms. The fraction of sp³-hybridized carbons (Fsp3) is 0.933. The molecule has 0 saturated heterocycles. The summed E-state index contributed by atoms with van der Waals surface area (Å²) in [6.45, 7) is 2.82. The maximum absolute atomic E-state index is 12.1. The Balaban J connectivity index is 1.76. The molecule has 4 rings (SSSR count). The second kappa shape index (κ2) is 4.84. The zero-order valence-corrected chi connectivity index (χ0v) is 11.3.